The second kappa shape index (κ2) is 6.12. The molecule has 1 aromatic rings. The Labute approximate surface area is 111 Å². The standard InChI is InChI=1S/C12H12N3O2.ClH/c13-14-10-3-1-9(2-4-10)7-8-15-11(16)5-6-12(15)17;/h1-4H,5-8H2;1H/q+1;/p-1. The monoisotopic (exact) mass is 265 g/mol. The van der Waals surface area contributed by atoms with E-state index in [9.17, 15) is 9.59 Å². The molecule has 2 amide bonds. The summed E-state index contributed by atoms with van der Waals surface area (Å²) in [6.07, 6.45) is 1.30. The van der Waals surface area contributed by atoms with Gasteiger partial charge in [-0.25, -0.2) is 0 Å². The summed E-state index contributed by atoms with van der Waals surface area (Å²) in [7, 11) is 0. The third-order valence-electron chi connectivity index (χ3n) is 2.83. The lowest BCUT2D eigenvalue weighted by Gasteiger charge is -2.12. The van der Waals surface area contributed by atoms with Crippen molar-refractivity contribution in [3.8, 4) is 0 Å². The Bertz CT molecular complexity index is 477. The zero-order valence-electron chi connectivity index (χ0n) is 9.67. The molecule has 0 aliphatic carbocycles. The van der Waals surface area contributed by atoms with Gasteiger partial charge in [-0.3, -0.25) is 14.5 Å². The van der Waals surface area contributed by atoms with Crippen LogP contribution in [0, 0.1) is 5.39 Å². The highest BCUT2D eigenvalue weighted by molar-refractivity contribution is 6.01. The summed E-state index contributed by atoms with van der Waals surface area (Å²) in [5.74, 6) is -0.172. The van der Waals surface area contributed by atoms with E-state index >= 15 is 0 Å². The zero-order chi connectivity index (χ0) is 12.3. The third kappa shape index (κ3) is 3.05. The first-order valence-corrected chi connectivity index (χ1v) is 5.48. The molecule has 1 aliphatic rings. The van der Waals surface area contributed by atoms with Crippen molar-refractivity contribution in [3.63, 3.8) is 0 Å². The minimum absolute atomic E-state index is 0. The van der Waals surface area contributed by atoms with Crippen LogP contribution in [-0.2, 0) is 16.0 Å². The van der Waals surface area contributed by atoms with Crippen LogP contribution in [0.3, 0.4) is 0 Å². The first-order chi connectivity index (χ1) is 8.20. The molecule has 94 valence electrons. The van der Waals surface area contributed by atoms with Gasteiger partial charge in [-0.2, -0.15) is 0 Å². The molecular weight excluding hydrogens is 254 g/mol. The summed E-state index contributed by atoms with van der Waals surface area (Å²) >= 11 is 0. The van der Waals surface area contributed by atoms with E-state index in [-0.39, 0.29) is 24.2 Å². The van der Waals surface area contributed by atoms with E-state index in [0.29, 0.717) is 31.5 Å². The zero-order valence-corrected chi connectivity index (χ0v) is 10.4. The van der Waals surface area contributed by atoms with Crippen LogP contribution in [0.25, 0.3) is 4.98 Å². The Morgan fingerprint density at radius 3 is 2.17 bits per heavy atom. The van der Waals surface area contributed by atoms with Gasteiger partial charge in [0.25, 0.3) is 0 Å². The van der Waals surface area contributed by atoms with Gasteiger partial charge in [0.05, 0.1) is 0 Å². The first kappa shape index (κ1) is 14.1. The van der Waals surface area contributed by atoms with Crippen molar-refractivity contribution in [3.05, 3.63) is 34.8 Å². The SMILES string of the molecule is N#[N+]c1ccc(CCN2C(=O)CCC2=O)cc1.[Cl-]. The van der Waals surface area contributed by atoms with Crippen LogP contribution in [0.2, 0.25) is 0 Å². The summed E-state index contributed by atoms with van der Waals surface area (Å²) < 4.78 is 0. The number of hydrogen-bond donors (Lipinski definition) is 0. The molecular formula is C12H12ClN3O2. The molecule has 0 bridgehead atoms. The van der Waals surface area contributed by atoms with Gasteiger partial charge >= 0.3 is 5.69 Å². The molecule has 1 aromatic carbocycles. The van der Waals surface area contributed by atoms with Crippen molar-refractivity contribution in [1.29, 1.82) is 5.39 Å². The van der Waals surface area contributed by atoms with Crippen molar-refractivity contribution in [1.82, 2.24) is 4.90 Å². The number of halogens is 1. The Morgan fingerprint density at radius 2 is 1.67 bits per heavy atom. The summed E-state index contributed by atoms with van der Waals surface area (Å²) in [5, 5.41) is 8.53. The number of diazo groups is 1. The largest absolute Gasteiger partial charge is 1.00 e. The van der Waals surface area contributed by atoms with Crippen LogP contribution >= 0.6 is 0 Å². The molecule has 1 aliphatic heterocycles. The minimum atomic E-state index is -0.0861. The van der Waals surface area contributed by atoms with Crippen LogP contribution in [0.1, 0.15) is 18.4 Å². The highest BCUT2D eigenvalue weighted by atomic mass is 35.5. The van der Waals surface area contributed by atoms with E-state index in [4.69, 9.17) is 5.39 Å². The topological polar surface area (TPSA) is 65.5 Å². The molecule has 0 aromatic heterocycles. The quantitative estimate of drug-likeness (QED) is 0.513. The Kier molecular flexibility index (Phi) is 4.81. The van der Waals surface area contributed by atoms with E-state index in [1.54, 1.807) is 12.1 Å². The predicted molar refractivity (Wildman–Crippen MR) is 60.8 cm³/mol. The lowest BCUT2D eigenvalue weighted by molar-refractivity contribution is -0.138. The summed E-state index contributed by atoms with van der Waals surface area (Å²) in [5.41, 5.74) is 1.49. The van der Waals surface area contributed by atoms with Crippen LogP contribution < -0.4 is 12.4 Å². The molecule has 0 atom stereocenters. The molecule has 0 N–H and O–H groups in total. The third-order valence-corrected chi connectivity index (χ3v) is 2.83. The summed E-state index contributed by atoms with van der Waals surface area (Å²) in [6, 6.07) is 7.01. The van der Waals surface area contributed by atoms with Crippen molar-refractivity contribution in [2.24, 2.45) is 0 Å². The normalized spacial score (nSPS) is 14.3. The van der Waals surface area contributed by atoms with Crippen LogP contribution in [0.4, 0.5) is 5.69 Å². The van der Waals surface area contributed by atoms with Gasteiger partial charge < -0.3 is 12.4 Å². The number of likely N-dealkylation sites (tertiary alicyclic amines) is 1. The van der Waals surface area contributed by atoms with Gasteiger partial charge in [0.2, 0.25) is 17.2 Å². The Hall–Kier alpha value is -1.93. The maximum absolute atomic E-state index is 11.4. The Morgan fingerprint density at radius 1 is 1.11 bits per heavy atom. The van der Waals surface area contributed by atoms with Gasteiger partial charge in [-0.1, -0.05) is 12.1 Å². The summed E-state index contributed by atoms with van der Waals surface area (Å²) in [6.45, 7) is 0.424. The molecule has 0 radical (unpaired) electrons. The van der Waals surface area contributed by atoms with Gasteiger partial charge in [-0.15, -0.1) is 0 Å². The number of carbonyl (C=O) groups is 2. The molecule has 5 nitrogen and oxygen atoms in total. The van der Waals surface area contributed by atoms with Crippen LogP contribution in [0.5, 0.6) is 0 Å². The van der Waals surface area contributed by atoms with Crippen LogP contribution in [-0.4, -0.2) is 23.3 Å². The van der Waals surface area contributed by atoms with E-state index in [0.717, 1.165) is 5.56 Å². The van der Waals surface area contributed by atoms with E-state index in [1.807, 2.05) is 12.1 Å². The Balaban J connectivity index is 0.00000162. The van der Waals surface area contributed by atoms with E-state index in [2.05, 4.69) is 4.98 Å². The molecule has 1 heterocycles. The number of rotatable bonds is 3. The number of nitrogens with zero attached hydrogens (tertiary/aromatic N) is 3. The maximum atomic E-state index is 11.4. The maximum Gasteiger partial charge on any atom is 0.385 e. The fourth-order valence-corrected chi connectivity index (χ4v) is 1.84. The molecule has 2 rings (SSSR count). The molecule has 0 saturated carbocycles. The highest BCUT2D eigenvalue weighted by Gasteiger charge is 2.28. The molecule has 1 saturated heterocycles. The van der Waals surface area contributed by atoms with E-state index < -0.39 is 0 Å². The average Bonchev–Trinajstić information content (AvgIpc) is 2.67. The van der Waals surface area contributed by atoms with Gasteiger partial charge in [0, 0.05) is 31.5 Å². The molecule has 6 heteroatoms. The first-order valence-electron chi connectivity index (χ1n) is 5.48. The second-order valence-electron chi connectivity index (χ2n) is 3.96. The average molecular weight is 266 g/mol. The fraction of sp³-hybridized carbons (Fsp3) is 0.333. The smallest absolute Gasteiger partial charge is 0.385 e. The van der Waals surface area contributed by atoms with Gasteiger partial charge in [0.1, 0.15) is 0 Å². The predicted octanol–water partition coefficient (Wildman–Crippen LogP) is -1.13. The fourth-order valence-electron chi connectivity index (χ4n) is 1.84. The highest BCUT2D eigenvalue weighted by Crippen LogP contribution is 2.15. The molecule has 1 fully saturated rings. The summed E-state index contributed by atoms with van der Waals surface area (Å²) in [4.78, 5) is 27.1. The van der Waals surface area contributed by atoms with E-state index in [1.165, 1.54) is 4.90 Å². The van der Waals surface area contributed by atoms with Crippen molar-refractivity contribution in [2.75, 3.05) is 6.54 Å². The lowest BCUT2D eigenvalue weighted by Crippen LogP contribution is -3.00. The van der Waals surface area contributed by atoms with Gasteiger partial charge in [0.15, 0.2) is 4.98 Å². The lowest BCUT2D eigenvalue weighted by atomic mass is 10.1. The van der Waals surface area contributed by atoms with Crippen molar-refractivity contribution < 1.29 is 22.0 Å². The molecule has 0 unspecified atom stereocenters. The van der Waals surface area contributed by atoms with Crippen molar-refractivity contribution in [2.45, 2.75) is 19.3 Å². The second-order valence-corrected chi connectivity index (χ2v) is 3.96. The number of amides is 2. The number of carbonyl (C=O) groups excluding carboxylic acids is 2. The minimum Gasteiger partial charge on any atom is -1.00 e. The van der Waals surface area contributed by atoms with Crippen LogP contribution in [0.15, 0.2) is 24.3 Å². The number of benzene rings is 1. The van der Waals surface area contributed by atoms with Crippen molar-refractivity contribution >= 4 is 17.5 Å². The molecule has 18 heavy (non-hydrogen) atoms. The van der Waals surface area contributed by atoms with Gasteiger partial charge in [-0.05, 0) is 12.0 Å². The number of imide groups is 1. The molecule has 0 spiro atoms. The number of hydrogen-bond acceptors (Lipinski definition) is 3.